The first-order chi connectivity index (χ1) is 10.9. The van der Waals surface area contributed by atoms with Crippen molar-refractivity contribution in [3.05, 3.63) is 35.9 Å². The number of aliphatic hydroxyl groups is 3. The molecule has 1 aromatic rings. The maximum atomic E-state index is 11.9. The van der Waals surface area contributed by atoms with Gasteiger partial charge in [0.25, 0.3) is 0 Å². The van der Waals surface area contributed by atoms with E-state index in [9.17, 15) is 20.1 Å². The summed E-state index contributed by atoms with van der Waals surface area (Å²) in [5.41, 5.74) is 12.1. The molecular formula is C15H22N2O6. The third-order valence-corrected chi connectivity index (χ3v) is 3.76. The summed E-state index contributed by atoms with van der Waals surface area (Å²) in [4.78, 5) is 11.9. The summed E-state index contributed by atoms with van der Waals surface area (Å²) in [6.45, 7) is -0.344. The molecular weight excluding hydrogens is 304 g/mol. The molecule has 0 amide bonds. The highest BCUT2D eigenvalue weighted by molar-refractivity contribution is 5.75. The zero-order valence-electron chi connectivity index (χ0n) is 12.5. The van der Waals surface area contributed by atoms with E-state index in [1.807, 2.05) is 30.3 Å². The van der Waals surface area contributed by atoms with Crippen LogP contribution in [0.3, 0.4) is 0 Å². The van der Waals surface area contributed by atoms with E-state index in [0.29, 0.717) is 6.42 Å². The first-order valence-corrected chi connectivity index (χ1v) is 7.31. The zero-order chi connectivity index (χ0) is 17.0. The highest BCUT2D eigenvalue weighted by Crippen LogP contribution is 2.19. The van der Waals surface area contributed by atoms with Crippen LogP contribution >= 0.6 is 0 Å². The second-order valence-electron chi connectivity index (χ2n) is 5.55. The fourth-order valence-electron chi connectivity index (χ4n) is 2.33. The molecule has 6 atom stereocenters. The van der Waals surface area contributed by atoms with E-state index in [1.165, 1.54) is 0 Å². The Morgan fingerprint density at radius 1 is 1.22 bits per heavy atom. The molecule has 1 fully saturated rings. The molecule has 1 heterocycles. The summed E-state index contributed by atoms with van der Waals surface area (Å²) < 4.78 is 10.0. The number of ether oxygens (including phenoxy) is 2. The summed E-state index contributed by atoms with van der Waals surface area (Å²) >= 11 is 0. The molecule has 1 saturated heterocycles. The molecule has 0 radical (unpaired) electrons. The Hall–Kier alpha value is -1.55. The second-order valence-corrected chi connectivity index (χ2v) is 5.55. The molecule has 0 aliphatic carbocycles. The summed E-state index contributed by atoms with van der Waals surface area (Å²) in [5.74, 6) is -0.663. The normalized spacial score (nSPS) is 32.3. The number of hydrogen-bond donors (Lipinski definition) is 5. The molecule has 0 spiro atoms. The number of benzene rings is 1. The van der Waals surface area contributed by atoms with Gasteiger partial charge in [-0.2, -0.15) is 0 Å². The van der Waals surface area contributed by atoms with Gasteiger partial charge in [0.05, 0.1) is 6.04 Å². The maximum absolute atomic E-state index is 11.9. The van der Waals surface area contributed by atoms with Crippen molar-refractivity contribution >= 4 is 5.97 Å². The van der Waals surface area contributed by atoms with Crippen LogP contribution in [0.1, 0.15) is 5.56 Å². The van der Waals surface area contributed by atoms with Crippen molar-refractivity contribution in [3.8, 4) is 0 Å². The van der Waals surface area contributed by atoms with E-state index in [-0.39, 0.29) is 6.61 Å². The Balaban J connectivity index is 1.84. The number of nitrogens with two attached hydrogens (primary N) is 2. The lowest BCUT2D eigenvalue weighted by molar-refractivity contribution is -0.251. The Morgan fingerprint density at radius 3 is 2.52 bits per heavy atom. The highest BCUT2D eigenvalue weighted by Gasteiger charge is 2.42. The molecule has 0 aromatic heterocycles. The van der Waals surface area contributed by atoms with Crippen molar-refractivity contribution in [2.24, 2.45) is 11.5 Å². The van der Waals surface area contributed by atoms with E-state index in [2.05, 4.69) is 0 Å². The fourth-order valence-corrected chi connectivity index (χ4v) is 2.33. The molecule has 23 heavy (non-hydrogen) atoms. The van der Waals surface area contributed by atoms with E-state index >= 15 is 0 Å². The zero-order valence-corrected chi connectivity index (χ0v) is 12.5. The van der Waals surface area contributed by atoms with Gasteiger partial charge in [-0.1, -0.05) is 30.3 Å². The van der Waals surface area contributed by atoms with E-state index < -0.39 is 42.7 Å². The number of esters is 1. The van der Waals surface area contributed by atoms with E-state index in [1.54, 1.807) is 0 Å². The van der Waals surface area contributed by atoms with Gasteiger partial charge in [-0.15, -0.1) is 0 Å². The molecule has 0 saturated carbocycles. The average molecular weight is 326 g/mol. The number of hydrogen-bond acceptors (Lipinski definition) is 8. The third kappa shape index (κ3) is 4.47. The molecule has 7 N–H and O–H groups in total. The minimum Gasteiger partial charge on any atom is -0.462 e. The van der Waals surface area contributed by atoms with Crippen molar-refractivity contribution < 1.29 is 29.6 Å². The third-order valence-electron chi connectivity index (χ3n) is 3.76. The Morgan fingerprint density at radius 2 is 1.87 bits per heavy atom. The molecule has 1 aliphatic rings. The Bertz CT molecular complexity index is 514. The van der Waals surface area contributed by atoms with Gasteiger partial charge in [0.1, 0.15) is 31.0 Å². The predicted octanol–water partition coefficient (Wildman–Crippen LogP) is -2.13. The van der Waals surface area contributed by atoms with Gasteiger partial charge < -0.3 is 36.3 Å². The molecule has 128 valence electrons. The Kier molecular flexibility index (Phi) is 6.05. The topological polar surface area (TPSA) is 148 Å². The molecule has 1 aromatic carbocycles. The van der Waals surface area contributed by atoms with Gasteiger partial charge in [0.15, 0.2) is 6.29 Å². The summed E-state index contributed by atoms with van der Waals surface area (Å²) in [7, 11) is 0. The Labute approximate surface area is 133 Å². The number of carbonyl (C=O) groups excluding carboxylic acids is 1. The predicted molar refractivity (Wildman–Crippen MR) is 79.9 cm³/mol. The van der Waals surface area contributed by atoms with Gasteiger partial charge in [-0.3, -0.25) is 4.79 Å². The van der Waals surface area contributed by atoms with Crippen LogP contribution in [0, 0.1) is 0 Å². The lowest BCUT2D eigenvalue weighted by Gasteiger charge is -2.38. The van der Waals surface area contributed by atoms with E-state index in [4.69, 9.17) is 20.9 Å². The first kappa shape index (κ1) is 17.8. The standard InChI is InChI=1S/C15H22N2O6/c16-9(6-8-4-2-1-3-5-8)14(20)22-7-10-12(18)13(19)11(17)15(21)23-10/h1-5,9-13,15,18-19,21H,6-7,16-17H2. The SMILES string of the molecule is NC(Cc1ccccc1)C(=O)OCC1OC(O)C(N)C(O)C1O. The first-order valence-electron chi connectivity index (χ1n) is 7.31. The number of aliphatic hydroxyl groups excluding tert-OH is 3. The highest BCUT2D eigenvalue weighted by atomic mass is 16.6. The van der Waals surface area contributed by atoms with Gasteiger partial charge in [0, 0.05) is 0 Å². The van der Waals surface area contributed by atoms with Gasteiger partial charge in [-0.05, 0) is 12.0 Å². The maximum Gasteiger partial charge on any atom is 0.323 e. The van der Waals surface area contributed by atoms with Gasteiger partial charge in [0.2, 0.25) is 0 Å². The molecule has 8 heteroatoms. The monoisotopic (exact) mass is 326 g/mol. The quantitative estimate of drug-likeness (QED) is 0.385. The van der Waals surface area contributed by atoms with Crippen LogP contribution in [-0.2, 0) is 20.7 Å². The molecule has 0 bridgehead atoms. The lowest BCUT2D eigenvalue weighted by Crippen LogP contribution is -2.62. The van der Waals surface area contributed by atoms with Gasteiger partial charge >= 0.3 is 5.97 Å². The molecule has 2 rings (SSSR count). The van der Waals surface area contributed by atoms with Crippen LogP contribution in [-0.4, -0.2) is 64.6 Å². The van der Waals surface area contributed by atoms with Crippen molar-refractivity contribution in [1.82, 2.24) is 0 Å². The number of rotatable bonds is 5. The van der Waals surface area contributed by atoms with Crippen molar-refractivity contribution in [1.29, 1.82) is 0 Å². The molecule has 8 nitrogen and oxygen atoms in total. The smallest absolute Gasteiger partial charge is 0.323 e. The van der Waals surface area contributed by atoms with Crippen molar-refractivity contribution in [2.75, 3.05) is 6.61 Å². The minimum absolute atomic E-state index is 0.309. The van der Waals surface area contributed by atoms with E-state index in [0.717, 1.165) is 5.56 Å². The summed E-state index contributed by atoms with van der Waals surface area (Å²) in [5, 5.41) is 29.0. The second kappa shape index (κ2) is 7.82. The summed E-state index contributed by atoms with van der Waals surface area (Å²) in [6.07, 6.45) is -4.96. The van der Waals surface area contributed by atoms with Crippen molar-refractivity contribution in [3.63, 3.8) is 0 Å². The van der Waals surface area contributed by atoms with Crippen LogP contribution in [0.25, 0.3) is 0 Å². The summed E-state index contributed by atoms with van der Waals surface area (Å²) in [6, 6.07) is 7.23. The van der Waals surface area contributed by atoms with Crippen molar-refractivity contribution in [2.45, 2.75) is 43.1 Å². The van der Waals surface area contributed by atoms with Crippen LogP contribution in [0.15, 0.2) is 30.3 Å². The van der Waals surface area contributed by atoms with Gasteiger partial charge in [-0.25, -0.2) is 0 Å². The average Bonchev–Trinajstić information content (AvgIpc) is 2.55. The van der Waals surface area contributed by atoms with Crippen LogP contribution in [0.5, 0.6) is 0 Å². The molecule has 1 aliphatic heterocycles. The van der Waals surface area contributed by atoms with Crippen LogP contribution < -0.4 is 11.5 Å². The number of carbonyl (C=O) groups is 1. The lowest BCUT2D eigenvalue weighted by atomic mass is 9.98. The largest absolute Gasteiger partial charge is 0.462 e. The minimum atomic E-state index is -1.45. The van der Waals surface area contributed by atoms with Crippen LogP contribution in [0.2, 0.25) is 0 Å². The fraction of sp³-hybridized carbons (Fsp3) is 0.533. The van der Waals surface area contributed by atoms with Crippen LogP contribution in [0.4, 0.5) is 0 Å². The molecule has 6 unspecified atom stereocenters.